The second-order valence-corrected chi connectivity index (χ2v) is 5.28. The van der Waals surface area contributed by atoms with Crippen LogP contribution in [-0.2, 0) is 4.79 Å². The van der Waals surface area contributed by atoms with Gasteiger partial charge in [-0.1, -0.05) is 20.8 Å². The zero-order chi connectivity index (χ0) is 12.3. The summed E-state index contributed by atoms with van der Waals surface area (Å²) in [5.41, 5.74) is -0.0434. The molecule has 0 spiro atoms. The van der Waals surface area contributed by atoms with Crippen LogP contribution in [0, 0.1) is 5.41 Å². The van der Waals surface area contributed by atoms with E-state index in [0.717, 1.165) is 0 Å². The minimum absolute atomic E-state index is 0.0107. The number of hydrogen-bond donors (Lipinski definition) is 1. The average molecular weight is 288 g/mol. The molecular weight excluding hydrogens is 274 g/mol. The highest BCUT2D eigenvalue weighted by molar-refractivity contribution is 9.10. The van der Waals surface area contributed by atoms with Crippen LogP contribution in [0.4, 0.5) is 0 Å². The van der Waals surface area contributed by atoms with Crippen molar-refractivity contribution in [2.75, 3.05) is 6.54 Å². The molecule has 0 atom stereocenters. The van der Waals surface area contributed by atoms with E-state index in [2.05, 4.69) is 21.2 Å². The van der Waals surface area contributed by atoms with E-state index in [4.69, 9.17) is 4.42 Å². The molecule has 0 saturated carbocycles. The normalized spacial score (nSPS) is 11.2. The molecular formula is C11H14BrNO3. The number of carbonyl (C=O) groups is 2. The number of ketones is 1. The summed E-state index contributed by atoms with van der Waals surface area (Å²) in [6.07, 6.45) is 1.33. The number of hydrogen-bond acceptors (Lipinski definition) is 3. The number of carbonyl (C=O) groups excluding carboxylic acids is 2. The Kier molecular flexibility index (Phi) is 3.91. The third kappa shape index (κ3) is 3.48. The molecule has 0 aliphatic heterocycles. The Labute approximate surface area is 103 Å². The van der Waals surface area contributed by atoms with Crippen LogP contribution >= 0.6 is 15.9 Å². The van der Waals surface area contributed by atoms with Crippen molar-refractivity contribution in [3.63, 3.8) is 0 Å². The van der Waals surface area contributed by atoms with Crippen molar-refractivity contribution in [2.24, 2.45) is 5.41 Å². The van der Waals surface area contributed by atoms with E-state index >= 15 is 0 Å². The van der Waals surface area contributed by atoms with Crippen molar-refractivity contribution >= 4 is 27.6 Å². The predicted octanol–water partition coefficient (Wildman–Crippen LogP) is 2.39. The molecule has 16 heavy (non-hydrogen) atoms. The highest BCUT2D eigenvalue weighted by atomic mass is 79.9. The summed E-state index contributed by atoms with van der Waals surface area (Å²) >= 11 is 3.10. The van der Waals surface area contributed by atoms with Crippen LogP contribution in [0.25, 0.3) is 0 Å². The van der Waals surface area contributed by atoms with E-state index in [1.54, 1.807) is 6.07 Å². The van der Waals surface area contributed by atoms with Crippen LogP contribution < -0.4 is 5.32 Å². The highest BCUT2D eigenvalue weighted by Crippen LogP contribution is 2.15. The second-order valence-electron chi connectivity index (χ2n) is 4.50. The topological polar surface area (TPSA) is 59.3 Å². The SMILES string of the molecule is CC(C)(C)C(=O)CNC(=O)c1coc(Br)c1. The Bertz CT molecular complexity index is 404. The van der Waals surface area contributed by atoms with Crippen molar-refractivity contribution in [3.05, 3.63) is 22.6 Å². The Hall–Kier alpha value is -1.10. The van der Waals surface area contributed by atoms with Crippen molar-refractivity contribution < 1.29 is 14.0 Å². The Morgan fingerprint density at radius 1 is 1.44 bits per heavy atom. The molecule has 1 aromatic rings. The van der Waals surface area contributed by atoms with Gasteiger partial charge in [0.15, 0.2) is 10.5 Å². The quantitative estimate of drug-likeness (QED) is 0.929. The lowest BCUT2D eigenvalue weighted by Gasteiger charge is -2.16. The molecule has 88 valence electrons. The first kappa shape index (κ1) is 13.0. The Balaban J connectivity index is 2.51. The van der Waals surface area contributed by atoms with Gasteiger partial charge in [-0.3, -0.25) is 9.59 Å². The molecule has 0 aliphatic rings. The standard InChI is InChI=1S/C11H14BrNO3/c1-11(2,3)8(14)5-13-10(15)7-4-9(12)16-6-7/h4,6H,5H2,1-3H3,(H,13,15). The van der Waals surface area contributed by atoms with Crippen molar-refractivity contribution in [3.8, 4) is 0 Å². The van der Waals surface area contributed by atoms with E-state index in [9.17, 15) is 9.59 Å². The zero-order valence-electron chi connectivity index (χ0n) is 9.46. The highest BCUT2D eigenvalue weighted by Gasteiger charge is 2.21. The number of nitrogens with one attached hydrogen (secondary N) is 1. The maximum absolute atomic E-state index is 11.6. The third-order valence-corrected chi connectivity index (χ3v) is 2.49. The van der Waals surface area contributed by atoms with Crippen molar-refractivity contribution in [1.29, 1.82) is 0 Å². The van der Waals surface area contributed by atoms with E-state index in [0.29, 0.717) is 10.2 Å². The molecule has 5 heteroatoms. The van der Waals surface area contributed by atoms with Crippen molar-refractivity contribution in [2.45, 2.75) is 20.8 Å². The molecule has 1 heterocycles. The number of amides is 1. The summed E-state index contributed by atoms with van der Waals surface area (Å²) in [5, 5.41) is 2.55. The van der Waals surface area contributed by atoms with Gasteiger partial charge in [-0.05, 0) is 15.9 Å². The van der Waals surface area contributed by atoms with Gasteiger partial charge in [-0.25, -0.2) is 0 Å². The number of rotatable bonds is 3. The van der Waals surface area contributed by atoms with Gasteiger partial charge in [-0.15, -0.1) is 0 Å². The predicted molar refractivity (Wildman–Crippen MR) is 63.2 cm³/mol. The fourth-order valence-corrected chi connectivity index (χ4v) is 1.30. The van der Waals surface area contributed by atoms with Crippen LogP contribution in [0.15, 0.2) is 21.4 Å². The first-order chi connectivity index (χ1) is 7.30. The molecule has 0 radical (unpaired) electrons. The molecule has 1 rings (SSSR count). The molecule has 0 aromatic carbocycles. The summed E-state index contributed by atoms with van der Waals surface area (Å²) in [6.45, 7) is 5.48. The summed E-state index contributed by atoms with van der Waals surface area (Å²) < 4.78 is 5.42. The fourth-order valence-electron chi connectivity index (χ4n) is 0.957. The van der Waals surface area contributed by atoms with Gasteiger partial charge in [0.05, 0.1) is 12.1 Å². The lowest BCUT2D eigenvalue weighted by atomic mass is 9.91. The molecule has 0 saturated heterocycles. The summed E-state index contributed by atoms with van der Waals surface area (Å²) in [4.78, 5) is 23.1. The maximum Gasteiger partial charge on any atom is 0.254 e. The molecule has 0 unspecified atom stereocenters. The molecule has 0 aliphatic carbocycles. The number of Topliss-reactive ketones (excluding diaryl/α,β-unsaturated/α-hetero) is 1. The van der Waals surface area contributed by atoms with Gasteiger partial charge in [0, 0.05) is 11.5 Å². The monoisotopic (exact) mass is 287 g/mol. The minimum atomic E-state index is -0.440. The van der Waals surface area contributed by atoms with E-state index in [1.165, 1.54) is 6.26 Å². The number of halogens is 1. The molecule has 1 amide bonds. The van der Waals surface area contributed by atoms with E-state index < -0.39 is 5.41 Å². The molecule has 0 fully saturated rings. The van der Waals surface area contributed by atoms with Gasteiger partial charge in [0.25, 0.3) is 5.91 Å². The number of furan rings is 1. The summed E-state index contributed by atoms with van der Waals surface area (Å²) in [6, 6.07) is 1.55. The van der Waals surface area contributed by atoms with E-state index in [1.807, 2.05) is 20.8 Å². The smallest absolute Gasteiger partial charge is 0.254 e. The summed E-state index contributed by atoms with van der Waals surface area (Å²) in [5.74, 6) is -0.324. The summed E-state index contributed by atoms with van der Waals surface area (Å²) in [7, 11) is 0. The Morgan fingerprint density at radius 3 is 2.50 bits per heavy atom. The minimum Gasteiger partial charge on any atom is -0.457 e. The van der Waals surface area contributed by atoms with Crippen LogP contribution in [0.3, 0.4) is 0 Å². The van der Waals surface area contributed by atoms with Crippen LogP contribution in [0.2, 0.25) is 0 Å². The molecule has 4 nitrogen and oxygen atoms in total. The maximum atomic E-state index is 11.6. The van der Waals surface area contributed by atoms with Gasteiger partial charge < -0.3 is 9.73 Å². The van der Waals surface area contributed by atoms with E-state index in [-0.39, 0.29) is 18.2 Å². The largest absolute Gasteiger partial charge is 0.457 e. The second kappa shape index (κ2) is 4.82. The molecule has 1 aromatic heterocycles. The lowest BCUT2D eigenvalue weighted by molar-refractivity contribution is -0.125. The van der Waals surface area contributed by atoms with Crippen LogP contribution in [0.5, 0.6) is 0 Å². The van der Waals surface area contributed by atoms with Gasteiger partial charge in [-0.2, -0.15) is 0 Å². The van der Waals surface area contributed by atoms with Gasteiger partial charge in [0.1, 0.15) is 6.26 Å². The van der Waals surface area contributed by atoms with Gasteiger partial charge >= 0.3 is 0 Å². The average Bonchev–Trinajstić information content (AvgIpc) is 2.59. The van der Waals surface area contributed by atoms with Crippen LogP contribution in [-0.4, -0.2) is 18.2 Å². The molecule has 0 bridgehead atoms. The third-order valence-electron chi connectivity index (χ3n) is 2.08. The first-order valence-corrected chi connectivity index (χ1v) is 5.65. The fraction of sp³-hybridized carbons (Fsp3) is 0.455. The zero-order valence-corrected chi connectivity index (χ0v) is 11.1. The van der Waals surface area contributed by atoms with Gasteiger partial charge in [0.2, 0.25) is 0 Å². The first-order valence-electron chi connectivity index (χ1n) is 4.86. The Morgan fingerprint density at radius 2 is 2.06 bits per heavy atom. The lowest BCUT2D eigenvalue weighted by Crippen LogP contribution is -2.35. The van der Waals surface area contributed by atoms with Crippen LogP contribution in [0.1, 0.15) is 31.1 Å². The molecule has 1 N–H and O–H groups in total. The van der Waals surface area contributed by atoms with Crippen molar-refractivity contribution in [1.82, 2.24) is 5.32 Å².